The van der Waals surface area contributed by atoms with Crippen molar-refractivity contribution in [2.24, 2.45) is 11.8 Å². The molecule has 2 unspecified atom stereocenters. The lowest BCUT2D eigenvalue weighted by molar-refractivity contribution is -0.127. The SMILES string of the molecule is Cc1ccc(OCC(C)NC(=O)C(C)C2CNC2)cc1. The van der Waals surface area contributed by atoms with E-state index in [0.717, 1.165) is 18.8 Å². The van der Waals surface area contributed by atoms with Crippen molar-refractivity contribution in [3.05, 3.63) is 29.8 Å². The highest BCUT2D eigenvalue weighted by Gasteiger charge is 2.29. The minimum Gasteiger partial charge on any atom is -0.491 e. The van der Waals surface area contributed by atoms with Gasteiger partial charge in [-0.15, -0.1) is 0 Å². The third-order valence-corrected chi connectivity index (χ3v) is 3.84. The molecule has 0 saturated carbocycles. The van der Waals surface area contributed by atoms with Gasteiger partial charge in [0.1, 0.15) is 12.4 Å². The summed E-state index contributed by atoms with van der Waals surface area (Å²) in [4.78, 5) is 12.0. The van der Waals surface area contributed by atoms with Gasteiger partial charge in [-0.05, 0) is 45.0 Å². The second kappa shape index (κ2) is 6.75. The minimum absolute atomic E-state index is 0.0132. The first-order valence-corrected chi connectivity index (χ1v) is 7.27. The molecule has 4 nitrogen and oxygen atoms in total. The number of carbonyl (C=O) groups is 1. The van der Waals surface area contributed by atoms with Crippen molar-refractivity contribution >= 4 is 5.91 Å². The first kappa shape index (κ1) is 14.9. The van der Waals surface area contributed by atoms with Crippen LogP contribution in [0.25, 0.3) is 0 Å². The van der Waals surface area contributed by atoms with Gasteiger partial charge < -0.3 is 15.4 Å². The van der Waals surface area contributed by atoms with E-state index in [4.69, 9.17) is 4.74 Å². The van der Waals surface area contributed by atoms with Crippen LogP contribution in [0.4, 0.5) is 0 Å². The molecule has 2 atom stereocenters. The largest absolute Gasteiger partial charge is 0.491 e. The maximum absolute atomic E-state index is 12.0. The van der Waals surface area contributed by atoms with Crippen LogP contribution in [0.5, 0.6) is 5.75 Å². The van der Waals surface area contributed by atoms with Crippen molar-refractivity contribution in [3.8, 4) is 5.75 Å². The number of aryl methyl sites for hydroxylation is 1. The van der Waals surface area contributed by atoms with Gasteiger partial charge in [-0.2, -0.15) is 0 Å². The number of rotatable bonds is 6. The normalized spacial score (nSPS) is 17.9. The average molecular weight is 276 g/mol. The topological polar surface area (TPSA) is 50.4 Å². The lowest BCUT2D eigenvalue weighted by Crippen LogP contribution is -2.51. The fourth-order valence-corrected chi connectivity index (χ4v) is 2.15. The van der Waals surface area contributed by atoms with Gasteiger partial charge in [0.2, 0.25) is 5.91 Å². The van der Waals surface area contributed by atoms with E-state index in [-0.39, 0.29) is 17.9 Å². The number of amides is 1. The number of nitrogens with one attached hydrogen (secondary N) is 2. The van der Waals surface area contributed by atoms with Gasteiger partial charge in [-0.1, -0.05) is 24.6 Å². The molecule has 4 heteroatoms. The molecule has 1 heterocycles. The Hall–Kier alpha value is -1.55. The molecule has 1 aliphatic rings. The Morgan fingerprint density at radius 2 is 2.00 bits per heavy atom. The maximum Gasteiger partial charge on any atom is 0.223 e. The van der Waals surface area contributed by atoms with E-state index >= 15 is 0 Å². The van der Waals surface area contributed by atoms with Crippen molar-refractivity contribution in [1.82, 2.24) is 10.6 Å². The third kappa shape index (κ3) is 3.97. The highest BCUT2D eigenvalue weighted by atomic mass is 16.5. The van der Waals surface area contributed by atoms with E-state index < -0.39 is 0 Å². The molecule has 1 fully saturated rings. The van der Waals surface area contributed by atoms with Gasteiger partial charge in [0.15, 0.2) is 0 Å². The molecule has 1 saturated heterocycles. The van der Waals surface area contributed by atoms with Crippen LogP contribution in [0.2, 0.25) is 0 Å². The summed E-state index contributed by atoms with van der Waals surface area (Å²) in [5.41, 5.74) is 1.21. The van der Waals surface area contributed by atoms with Gasteiger partial charge in [0.25, 0.3) is 0 Å². The number of benzene rings is 1. The molecule has 0 aliphatic carbocycles. The summed E-state index contributed by atoms with van der Waals surface area (Å²) in [6, 6.07) is 7.95. The van der Waals surface area contributed by atoms with Crippen molar-refractivity contribution in [2.75, 3.05) is 19.7 Å². The highest BCUT2D eigenvalue weighted by molar-refractivity contribution is 5.79. The second-order valence-electron chi connectivity index (χ2n) is 5.74. The van der Waals surface area contributed by atoms with E-state index in [0.29, 0.717) is 12.5 Å². The van der Waals surface area contributed by atoms with Crippen LogP contribution < -0.4 is 15.4 Å². The van der Waals surface area contributed by atoms with Gasteiger partial charge in [-0.3, -0.25) is 4.79 Å². The van der Waals surface area contributed by atoms with Crippen molar-refractivity contribution in [3.63, 3.8) is 0 Å². The Morgan fingerprint density at radius 3 is 2.55 bits per heavy atom. The van der Waals surface area contributed by atoms with Crippen molar-refractivity contribution < 1.29 is 9.53 Å². The van der Waals surface area contributed by atoms with Crippen LogP contribution in [-0.4, -0.2) is 31.6 Å². The Labute approximate surface area is 120 Å². The van der Waals surface area contributed by atoms with E-state index in [1.165, 1.54) is 5.56 Å². The van der Waals surface area contributed by atoms with Gasteiger partial charge in [0.05, 0.1) is 6.04 Å². The number of hydrogen-bond acceptors (Lipinski definition) is 3. The summed E-state index contributed by atoms with van der Waals surface area (Å²) in [6.07, 6.45) is 0. The van der Waals surface area contributed by atoms with Gasteiger partial charge in [0, 0.05) is 5.92 Å². The molecule has 1 aromatic rings. The Kier molecular flexibility index (Phi) is 5.01. The Bertz CT molecular complexity index is 440. The smallest absolute Gasteiger partial charge is 0.223 e. The van der Waals surface area contributed by atoms with E-state index in [9.17, 15) is 4.79 Å². The van der Waals surface area contributed by atoms with E-state index in [1.54, 1.807) is 0 Å². The Balaban J connectivity index is 1.72. The molecule has 2 N–H and O–H groups in total. The number of hydrogen-bond donors (Lipinski definition) is 2. The maximum atomic E-state index is 12.0. The van der Waals surface area contributed by atoms with Crippen molar-refractivity contribution in [1.29, 1.82) is 0 Å². The molecule has 0 bridgehead atoms. The fourth-order valence-electron chi connectivity index (χ4n) is 2.15. The summed E-state index contributed by atoms with van der Waals surface area (Å²) in [6.45, 7) is 8.39. The summed E-state index contributed by atoms with van der Waals surface area (Å²) < 4.78 is 5.68. The molecule has 1 aliphatic heterocycles. The quantitative estimate of drug-likeness (QED) is 0.832. The molecule has 0 aromatic heterocycles. The lowest BCUT2D eigenvalue weighted by atomic mass is 9.88. The predicted molar refractivity (Wildman–Crippen MR) is 79.8 cm³/mol. The first-order valence-electron chi connectivity index (χ1n) is 7.27. The minimum atomic E-state index is 0.0132. The molecule has 1 aromatic carbocycles. The molecule has 0 radical (unpaired) electrons. The molecule has 1 amide bonds. The molecular weight excluding hydrogens is 252 g/mol. The van der Waals surface area contributed by atoms with E-state index in [1.807, 2.05) is 45.0 Å². The Morgan fingerprint density at radius 1 is 1.35 bits per heavy atom. The molecule has 2 rings (SSSR count). The standard InChI is InChI=1S/C16H24N2O2/c1-11-4-6-15(7-5-11)20-10-12(2)18-16(19)13(3)14-8-17-9-14/h4-7,12-14,17H,8-10H2,1-3H3,(H,18,19). The monoisotopic (exact) mass is 276 g/mol. The average Bonchev–Trinajstić information content (AvgIpc) is 2.36. The van der Waals surface area contributed by atoms with E-state index in [2.05, 4.69) is 10.6 Å². The van der Waals surface area contributed by atoms with Crippen LogP contribution in [0, 0.1) is 18.8 Å². The zero-order valence-corrected chi connectivity index (χ0v) is 12.5. The molecule has 20 heavy (non-hydrogen) atoms. The first-order chi connectivity index (χ1) is 9.56. The number of carbonyl (C=O) groups excluding carboxylic acids is 1. The lowest BCUT2D eigenvalue weighted by Gasteiger charge is -2.32. The summed E-state index contributed by atoms with van der Waals surface area (Å²) in [5, 5.41) is 6.22. The predicted octanol–water partition coefficient (Wildman–Crippen LogP) is 1.73. The van der Waals surface area contributed by atoms with Crippen LogP contribution in [-0.2, 0) is 4.79 Å². The highest BCUT2D eigenvalue weighted by Crippen LogP contribution is 2.16. The molecule has 110 valence electrons. The summed E-state index contributed by atoms with van der Waals surface area (Å²) in [7, 11) is 0. The zero-order chi connectivity index (χ0) is 14.5. The van der Waals surface area contributed by atoms with Crippen LogP contribution in [0.15, 0.2) is 24.3 Å². The van der Waals surface area contributed by atoms with Gasteiger partial charge >= 0.3 is 0 Å². The van der Waals surface area contributed by atoms with Crippen LogP contribution in [0.1, 0.15) is 19.4 Å². The fraction of sp³-hybridized carbons (Fsp3) is 0.562. The molecular formula is C16H24N2O2. The van der Waals surface area contributed by atoms with Crippen LogP contribution >= 0.6 is 0 Å². The summed E-state index contributed by atoms with van der Waals surface area (Å²) >= 11 is 0. The second-order valence-corrected chi connectivity index (χ2v) is 5.74. The zero-order valence-electron chi connectivity index (χ0n) is 12.5. The van der Waals surface area contributed by atoms with Crippen molar-refractivity contribution in [2.45, 2.75) is 26.8 Å². The third-order valence-electron chi connectivity index (χ3n) is 3.84. The van der Waals surface area contributed by atoms with Gasteiger partial charge in [-0.25, -0.2) is 0 Å². The van der Waals surface area contributed by atoms with Crippen LogP contribution in [0.3, 0.4) is 0 Å². The number of ether oxygens (including phenoxy) is 1. The summed E-state index contributed by atoms with van der Waals surface area (Å²) in [5.74, 6) is 1.50. The molecule has 0 spiro atoms.